The minimum atomic E-state index is 0.716. The Kier molecular flexibility index (Phi) is 4.05. The second-order valence-electron chi connectivity index (χ2n) is 4.77. The second-order valence-corrected chi connectivity index (χ2v) is 4.77. The molecule has 1 aromatic heterocycles. The van der Waals surface area contributed by atoms with Crippen molar-refractivity contribution >= 4 is 5.69 Å². The molecular weight excluding hydrogens is 236 g/mol. The molecule has 0 unspecified atom stereocenters. The summed E-state index contributed by atoms with van der Waals surface area (Å²) >= 11 is 0. The number of anilines is 1. The van der Waals surface area contributed by atoms with Gasteiger partial charge in [-0.25, -0.2) is 0 Å². The Hall–Kier alpha value is -2.03. The van der Waals surface area contributed by atoms with Crippen molar-refractivity contribution < 1.29 is 4.74 Å². The van der Waals surface area contributed by atoms with Crippen LogP contribution in [0.1, 0.15) is 22.4 Å². The van der Waals surface area contributed by atoms with Crippen LogP contribution in [0.2, 0.25) is 0 Å². The Morgan fingerprint density at radius 2 is 1.89 bits per heavy atom. The summed E-state index contributed by atoms with van der Waals surface area (Å²) in [6.45, 7) is 6.88. The third kappa shape index (κ3) is 3.05. The van der Waals surface area contributed by atoms with Crippen molar-refractivity contribution in [1.82, 2.24) is 4.98 Å². The van der Waals surface area contributed by atoms with Crippen LogP contribution in [0.4, 0.5) is 5.69 Å². The van der Waals surface area contributed by atoms with Crippen molar-refractivity contribution in [2.75, 3.05) is 12.4 Å². The van der Waals surface area contributed by atoms with Crippen LogP contribution >= 0.6 is 0 Å². The van der Waals surface area contributed by atoms with Gasteiger partial charge in [-0.2, -0.15) is 0 Å². The molecule has 0 atom stereocenters. The van der Waals surface area contributed by atoms with Crippen LogP contribution in [0.3, 0.4) is 0 Å². The molecular formula is C16H20N2O. The average molecular weight is 256 g/mol. The first-order valence-corrected chi connectivity index (χ1v) is 6.41. The lowest BCUT2D eigenvalue weighted by atomic mass is 10.1. The van der Waals surface area contributed by atoms with E-state index < -0.39 is 0 Å². The second kappa shape index (κ2) is 5.74. The Balaban J connectivity index is 2.13. The molecule has 0 spiro atoms. The molecule has 0 fully saturated rings. The topological polar surface area (TPSA) is 34.1 Å². The number of ether oxygens (including phenoxy) is 1. The Bertz CT molecular complexity index is 562. The van der Waals surface area contributed by atoms with E-state index in [0.717, 1.165) is 28.3 Å². The highest BCUT2D eigenvalue weighted by atomic mass is 16.5. The van der Waals surface area contributed by atoms with Gasteiger partial charge in [0.05, 0.1) is 19.3 Å². The van der Waals surface area contributed by atoms with Gasteiger partial charge in [0.1, 0.15) is 5.75 Å². The lowest BCUT2D eigenvalue weighted by Crippen LogP contribution is -2.04. The van der Waals surface area contributed by atoms with Gasteiger partial charge in [-0.1, -0.05) is 12.1 Å². The lowest BCUT2D eigenvalue weighted by molar-refractivity contribution is 0.409. The van der Waals surface area contributed by atoms with Crippen LogP contribution in [-0.2, 0) is 6.54 Å². The molecule has 1 N–H and O–H groups in total. The fourth-order valence-corrected chi connectivity index (χ4v) is 2.12. The van der Waals surface area contributed by atoms with Crippen molar-refractivity contribution in [1.29, 1.82) is 0 Å². The highest BCUT2D eigenvalue weighted by molar-refractivity contribution is 5.59. The van der Waals surface area contributed by atoms with E-state index in [0.29, 0.717) is 6.54 Å². The monoisotopic (exact) mass is 256 g/mol. The summed E-state index contributed by atoms with van der Waals surface area (Å²) in [6.07, 6.45) is 1.89. The van der Waals surface area contributed by atoms with E-state index in [9.17, 15) is 0 Å². The Morgan fingerprint density at radius 1 is 1.11 bits per heavy atom. The smallest absolute Gasteiger partial charge is 0.126 e. The summed E-state index contributed by atoms with van der Waals surface area (Å²) in [6, 6.07) is 8.27. The van der Waals surface area contributed by atoms with Gasteiger partial charge in [0.2, 0.25) is 0 Å². The summed E-state index contributed by atoms with van der Waals surface area (Å²) < 4.78 is 5.43. The molecule has 0 aliphatic heterocycles. The number of benzene rings is 1. The molecule has 0 aliphatic carbocycles. The van der Waals surface area contributed by atoms with Gasteiger partial charge in [-0.3, -0.25) is 4.98 Å². The van der Waals surface area contributed by atoms with Gasteiger partial charge in [0, 0.05) is 17.4 Å². The standard InChI is InChI=1S/C16H20N2O/c1-11-5-7-14(17-9-11)10-18-15-8-6-12(2)16(19-4)13(15)3/h5-9,18H,10H2,1-4H3. The third-order valence-electron chi connectivity index (χ3n) is 3.24. The highest BCUT2D eigenvalue weighted by Gasteiger charge is 2.07. The number of aromatic nitrogens is 1. The van der Waals surface area contributed by atoms with E-state index in [1.807, 2.05) is 19.2 Å². The molecule has 2 rings (SSSR count). The predicted molar refractivity (Wildman–Crippen MR) is 78.8 cm³/mol. The Labute approximate surface area is 114 Å². The Morgan fingerprint density at radius 3 is 2.53 bits per heavy atom. The predicted octanol–water partition coefficient (Wildman–Crippen LogP) is 3.63. The van der Waals surface area contributed by atoms with E-state index in [4.69, 9.17) is 4.74 Å². The van der Waals surface area contributed by atoms with E-state index in [1.54, 1.807) is 7.11 Å². The maximum atomic E-state index is 5.43. The van der Waals surface area contributed by atoms with E-state index >= 15 is 0 Å². The zero-order valence-corrected chi connectivity index (χ0v) is 11.9. The molecule has 100 valence electrons. The molecule has 1 heterocycles. The lowest BCUT2D eigenvalue weighted by Gasteiger charge is -2.14. The van der Waals surface area contributed by atoms with Crippen LogP contribution in [0, 0.1) is 20.8 Å². The number of methoxy groups -OCH3 is 1. The summed E-state index contributed by atoms with van der Waals surface area (Å²) in [4.78, 5) is 4.39. The van der Waals surface area contributed by atoms with Gasteiger partial charge >= 0.3 is 0 Å². The largest absolute Gasteiger partial charge is 0.496 e. The molecule has 0 amide bonds. The van der Waals surface area contributed by atoms with Crippen molar-refractivity contribution in [2.45, 2.75) is 27.3 Å². The quantitative estimate of drug-likeness (QED) is 0.907. The fourth-order valence-electron chi connectivity index (χ4n) is 2.12. The minimum absolute atomic E-state index is 0.716. The molecule has 3 heteroatoms. The van der Waals surface area contributed by atoms with E-state index in [1.165, 1.54) is 5.56 Å². The van der Waals surface area contributed by atoms with Crippen LogP contribution in [0.15, 0.2) is 30.5 Å². The normalized spacial score (nSPS) is 10.3. The minimum Gasteiger partial charge on any atom is -0.496 e. The summed E-state index contributed by atoms with van der Waals surface area (Å²) in [5, 5.41) is 3.41. The fraction of sp³-hybridized carbons (Fsp3) is 0.312. The maximum absolute atomic E-state index is 5.43. The van der Waals surface area contributed by atoms with Gasteiger partial charge < -0.3 is 10.1 Å². The van der Waals surface area contributed by atoms with Gasteiger partial charge in [-0.05, 0) is 44.0 Å². The van der Waals surface area contributed by atoms with E-state index in [-0.39, 0.29) is 0 Å². The van der Waals surface area contributed by atoms with Crippen molar-refractivity contribution in [3.05, 3.63) is 52.8 Å². The molecule has 0 saturated carbocycles. The number of aryl methyl sites for hydroxylation is 2. The molecule has 1 aromatic carbocycles. The molecule has 19 heavy (non-hydrogen) atoms. The van der Waals surface area contributed by atoms with Crippen molar-refractivity contribution in [3.8, 4) is 5.75 Å². The van der Waals surface area contributed by atoms with Crippen molar-refractivity contribution in [2.24, 2.45) is 0 Å². The molecule has 0 bridgehead atoms. The molecule has 0 radical (unpaired) electrons. The molecule has 3 nitrogen and oxygen atoms in total. The van der Waals surface area contributed by atoms with Gasteiger partial charge in [0.25, 0.3) is 0 Å². The highest BCUT2D eigenvalue weighted by Crippen LogP contribution is 2.29. The molecule has 0 aliphatic rings. The van der Waals surface area contributed by atoms with Gasteiger partial charge in [-0.15, -0.1) is 0 Å². The number of pyridine rings is 1. The third-order valence-corrected chi connectivity index (χ3v) is 3.24. The number of nitrogens with zero attached hydrogens (tertiary/aromatic N) is 1. The van der Waals surface area contributed by atoms with Crippen LogP contribution in [-0.4, -0.2) is 12.1 Å². The first-order valence-electron chi connectivity index (χ1n) is 6.41. The number of rotatable bonds is 4. The first-order chi connectivity index (χ1) is 9.11. The summed E-state index contributed by atoms with van der Waals surface area (Å²) in [7, 11) is 1.71. The zero-order valence-electron chi connectivity index (χ0n) is 11.9. The van der Waals surface area contributed by atoms with Gasteiger partial charge in [0.15, 0.2) is 0 Å². The van der Waals surface area contributed by atoms with Crippen molar-refractivity contribution in [3.63, 3.8) is 0 Å². The van der Waals surface area contributed by atoms with E-state index in [2.05, 4.69) is 42.3 Å². The number of hydrogen-bond donors (Lipinski definition) is 1. The van der Waals surface area contributed by atoms with Crippen LogP contribution < -0.4 is 10.1 Å². The first kappa shape index (κ1) is 13.4. The molecule has 2 aromatic rings. The zero-order chi connectivity index (χ0) is 13.8. The summed E-state index contributed by atoms with van der Waals surface area (Å²) in [5.41, 5.74) is 5.58. The number of nitrogens with one attached hydrogen (secondary N) is 1. The maximum Gasteiger partial charge on any atom is 0.126 e. The van der Waals surface area contributed by atoms with Crippen LogP contribution in [0.25, 0.3) is 0 Å². The SMILES string of the molecule is COc1c(C)ccc(NCc2ccc(C)cn2)c1C. The summed E-state index contributed by atoms with van der Waals surface area (Å²) in [5.74, 6) is 0.946. The van der Waals surface area contributed by atoms with Crippen LogP contribution in [0.5, 0.6) is 5.75 Å². The average Bonchev–Trinajstić information content (AvgIpc) is 2.40. The molecule has 0 saturated heterocycles. The number of hydrogen-bond acceptors (Lipinski definition) is 3.